The van der Waals surface area contributed by atoms with Crippen LogP contribution in [0.15, 0.2) is 24.4 Å². The molecule has 2 N–H and O–H groups in total. The van der Waals surface area contributed by atoms with Gasteiger partial charge in [0.1, 0.15) is 5.75 Å². The van der Waals surface area contributed by atoms with Crippen molar-refractivity contribution >= 4 is 11.6 Å². The molecule has 1 heterocycles. The van der Waals surface area contributed by atoms with Crippen molar-refractivity contribution in [1.82, 2.24) is 10.2 Å². The molecule has 0 fully saturated rings. The highest BCUT2D eigenvalue weighted by molar-refractivity contribution is 6.04. The fourth-order valence-corrected chi connectivity index (χ4v) is 1.73. The first kappa shape index (κ1) is 12.2. The van der Waals surface area contributed by atoms with E-state index >= 15 is 0 Å². The van der Waals surface area contributed by atoms with Gasteiger partial charge in [0.15, 0.2) is 0 Å². The lowest BCUT2D eigenvalue weighted by molar-refractivity contribution is 0.102. The third kappa shape index (κ3) is 2.34. The zero-order chi connectivity index (χ0) is 13.1. The molecule has 0 bridgehead atoms. The molecule has 0 aliphatic carbocycles. The Morgan fingerprint density at radius 1 is 1.39 bits per heavy atom. The van der Waals surface area contributed by atoms with E-state index in [1.54, 1.807) is 20.1 Å². The van der Waals surface area contributed by atoms with Crippen LogP contribution < -0.4 is 10.1 Å². The largest absolute Gasteiger partial charge is 0.496 e. The van der Waals surface area contributed by atoms with Gasteiger partial charge in [-0.1, -0.05) is 0 Å². The molecule has 0 saturated carbocycles. The predicted molar refractivity (Wildman–Crippen MR) is 69.0 cm³/mol. The van der Waals surface area contributed by atoms with Crippen LogP contribution in [-0.4, -0.2) is 23.2 Å². The van der Waals surface area contributed by atoms with E-state index in [4.69, 9.17) is 4.74 Å². The predicted octanol–water partition coefficient (Wildman–Crippen LogP) is 2.29. The van der Waals surface area contributed by atoms with Crippen LogP contribution in [0.3, 0.4) is 0 Å². The number of methoxy groups -OCH3 is 1. The topological polar surface area (TPSA) is 67.0 Å². The maximum absolute atomic E-state index is 12.0. The maximum Gasteiger partial charge on any atom is 0.259 e. The van der Waals surface area contributed by atoms with E-state index in [9.17, 15) is 4.79 Å². The molecule has 5 nitrogen and oxygen atoms in total. The minimum absolute atomic E-state index is 0.175. The summed E-state index contributed by atoms with van der Waals surface area (Å²) in [5, 5.41) is 9.38. The summed E-state index contributed by atoms with van der Waals surface area (Å²) < 4.78 is 5.17. The SMILES string of the molecule is COc1ccc(NC(=O)c2cn[nH]c2C)cc1C. The minimum atomic E-state index is -0.175. The third-order valence-corrected chi connectivity index (χ3v) is 2.73. The van der Waals surface area contributed by atoms with Crippen LogP contribution in [0, 0.1) is 13.8 Å². The third-order valence-electron chi connectivity index (χ3n) is 2.73. The zero-order valence-electron chi connectivity index (χ0n) is 10.6. The van der Waals surface area contributed by atoms with Gasteiger partial charge >= 0.3 is 0 Å². The van der Waals surface area contributed by atoms with Crippen LogP contribution in [0.4, 0.5) is 5.69 Å². The zero-order valence-corrected chi connectivity index (χ0v) is 10.6. The van der Waals surface area contributed by atoms with Crippen LogP contribution in [-0.2, 0) is 0 Å². The second kappa shape index (κ2) is 4.91. The van der Waals surface area contributed by atoms with E-state index in [1.807, 2.05) is 19.1 Å². The van der Waals surface area contributed by atoms with Crippen molar-refractivity contribution in [3.05, 3.63) is 41.2 Å². The van der Waals surface area contributed by atoms with Gasteiger partial charge in [0.2, 0.25) is 0 Å². The van der Waals surface area contributed by atoms with E-state index in [2.05, 4.69) is 15.5 Å². The standard InChI is InChI=1S/C13H15N3O2/c1-8-6-10(4-5-12(8)18-3)15-13(17)11-7-14-16-9(11)2/h4-7H,1-3H3,(H,14,16)(H,15,17). The second-order valence-electron chi connectivity index (χ2n) is 4.05. The summed E-state index contributed by atoms with van der Waals surface area (Å²) in [6.07, 6.45) is 1.51. The van der Waals surface area contributed by atoms with E-state index < -0.39 is 0 Å². The second-order valence-corrected chi connectivity index (χ2v) is 4.05. The first-order valence-corrected chi connectivity index (χ1v) is 5.58. The summed E-state index contributed by atoms with van der Waals surface area (Å²) in [5.41, 5.74) is 3.00. The Labute approximate surface area is 105 Å². The lowest BCUT2D eigenvalue weighted by Gasteiger charge is -2.08. The molecule has 0 aliphatic rings. The number of hydrogen-bond donors (Lipinski definition) is 2. The maximum atomic E-state index is 12.0. The Kier molecular flexibility index (Phi) is 3.32. The Hall–Kier alpha value is -2.30. The van der Waals surface area contributed by atoms with Crippen molar-refractivity contribution in [3.63, 3.8) is 0 Å². The number of carbonyl (C=O) groups is 1. The molecule has 5 heteroatoms. The van der Waals surface area contributed by atoms with E-state index in [0.29, 0.717) is 5.56 Å². The molecule has 0 saturated heterocycles. The van der Waals surface area contributed by atoms with E-state index in [1.165, 1.54) is 6.20 Å². The van der Waals surface area contributed by atoms with Crippen molar-refractivity contribution in [1.29, 1.82) is 0 Å². The molecule has 94 valence electrons. The van der Waals surface area contributed by atoms with Crippen LogP contribution in [0.5, 0.6) is 5.75 Å². The van der Waals surface area contributed by atoms with Crippen LogP contribution >= 0.6 is 0 Å². The first-order chi connectivity index (χ1) is 8.61. The van der Waals surface area contributed by atoms with Crippen LogP contribution in [0.1, 0.15) is 21.6 Å². The summed E-state index contributed by atoms with van der Waals surface area (Å²) in [6, 6.07) is 5.50. The first-order valence-electron chi connectivity index (χ1n) is 5.58. The fourth-order valence-electron chi connectivity index (χ4n) is 1.73. The minimum Gasteiger partial charge on any atom is -0.496 e. The van der Waals surface area contributed by atoms with Gasteiger partial charge in [0, 0.05) is 11.4 Å². The number of aromatic amines is 1. The highest BCUT2D eigenvalue weighted by atomic mass is 16.5. The molecule has 1 amide bonds. The highest BCUT2D eigenvalue weighted by Gasteiger charge is 2.11. The molecular formula is C13H15N3O2. The number of amides is 1. The number of H-pyrrole nitrogens is 1. The molecule has 0 unspecified atom stereocenters. The lowest BCUT2D eigenvalue weighted by atomic mass is 10.2. The Balaban J connectivity index is 2.17. The van der Waals surface area contributed by atoms with Crippen LogP contribution in [0.2, 0.25) is 0 Å². The van der Waals surface area contributed by atoms with E-state index in [-0.39, 0.29) is 5.91 Å². The Morgan fingerprint density at radius 3 is 2.72 bits per heavy atom. The molecule has 1 aromatic carbocycles. The van der Waals surface area contributed by atoms with Gasteiger partial charge in [-0.2, -0.15) is 5.10 Å². The van der Waals surface area contributed by atoms with Gasteiger partial charge in [-0.25, -0.2) is 0 Å². The Morgan fingerprint density at radius 2 is 2.17 bits per heavy atom. The molecule has 2 rings (SSSR count). The fraction of sp³-hybridized carbons (Fsp3) is 0.231. The number of aromatic nitrogens is 2. The normalized spacial score (nSPS) is 10.2. The number of benzene rings is 1. The number of ether oxygens (including phenoxy) is 1. The highest BCUT2D eigenvalue weighted by Crippen LogP contribution is 2.21. The number of hydrogen-bond acceptors (Lipinski definition) is 3. The number of aryl methyl sites for hydroxylation is 2. The van der Waals surface area contributed by atoms with Gasteiger partial charge in [-0.05, 0) is 37.6 Å². The van der Waals surface area contributed by atoms with Gasteiger partial charge < -0.3 is 10.1 Å². The number of nitrogens with zero attached hydrogens (tertiary/aromatic N) is 1. The number of rotatable bonds is 3. The molecule has 18 heavy (non-hydrogen) atoms. The molecule has 2 aromatic rings. The monoisotopic (exact) mass is 245 g/mol. The number of carbonyl (C=O) groups excluding carboxylic acids is 1. The van der Waals surface area contributed by atoms with Crippen LogP contribution in [0.25, 0.3) is 0 Å². The summed E-state index contributed by atoms with van der Waals surface area (Å²) >= 11 is 0. The van der Waals surface area contributed by atoms with Gasteiger partial charge in [0.25, 0.3) is 5.91 Å². The summed E-state index contributed by atoms with van der Waals surface area (Å²) in [5.74, 6) is 0.623. The molecule has 0 spiro atoms. The van der Waals surface area contributed by atoms with Crippen molar-refractivity contribution in [2.24, 2.45) is 0 Å². The molecule has 0 atom stereocenters. The molecule has 0 aliphatic heterocycles. The quantitative estimate of drug-likeness (QED) is 0.871. The summed E-state index contributed by atoms with van der Waals surface area (Å²) in [6.45, 7) is 3.73. The lowest BCUT2D eigenvalue weighted by Crippen LogP contribution is -2.12. The summed E-state index contributed by atoms with van der Waals surface area (Å²) in [4.78, 5) is 12.0. The van der Waals surface area contributed by atoms with Gasteiger partial charge in [-0.15, -0.1) is 0 Å². The van der Waals surface area contributed by atoms with Gasteiger partial charge in [-0.3, -0.25) is 9.89 Å². The molecular weight excluding hydrogens is 230 g/mol. The molecule has 0 radical (unpaired) electrons. The van der Waals surface area contributed by atoms with Crippen molar-refractivity contribution in [2.75, 3.05) is 12.4 Å². The van der Waals surface area contributed by atoms with E-state index in [0.717, 1.165) is 22.7 Å². The average molecular weight is 245 g/mol. The van der Waals surface area contributed by atoms with Gasteiger partial charge in [0.05, 0.1) is 18.9 Å². The Bertz CT molecular complexity index is 575. The van der Waals surface area contributed by atoms with Crippen molar-refractivity contribution < 1.29 is 9.53 Å². The number of anilines is 1. The van der Waals surface area contributed by atoms with Crippen molar-refractivity contribution in [2.45, 2.75) is 13.8 Å². The summed E-state index contributed by atoms with van der Waals surface area (Å²) in [7, 11) is 1.62. The van der Waals surface area contributed by atoms with Crippen molar-refractivity contribution in [3.8, 4) is 5.75 Å². The smallest absolute Gasteiger partial charge is 0.259 e. The molecule has 1 aromatic heterocycles. The average Bonchev–Trinajstić information content (AvgIpc) is 2.76. The number of nitrogens with one attached hydrogen (secondary N) is 2.